The van der Waals surface area contributed by atoms with Gasteiger partial charge in [-0.25, -0.2) is 13.4 Å². The molecule has 1 saturated heterocycles. The van der Waals surface area contributed by atoms with Crippen LogP contribution in [0.1, 0.15) is 63.8 Å². The van der Waals surface area contributed by atoms with Crippen LogP contribution in [0.5, 0.6) is 5.75 Å². The molecule has 17 heteroatoms. The first kappa shape index (κ1) is 36.4. The van der Waals surface area contributed by atoms with Gasteiger partial charge in [-0.1, -0.05) is 25.0 Å². The van der Waals surface area contributed by atoms with Gasteiger partial charge >= 0.3 is 0 Å². The quantitative estimate of drug-likeness (QED) is 0.200. The number of carbonyl (C=O) groups excluding carboxylic acids is 3. The van der Waals surface area contributed by atoms with Crippen molar-refractivity contribution in [1.82, 2.24) is 34.9 Å². The van der Waals surface area contributed by atoms with Crippen LogP contribution < -0.4 is 20.1 Å². The molecular formula is C37H42N8O6S3. The summed E-state index contributed by atoms with van der Waals surface area (Å²) in [5.41, 5.74) is 1.36. The van der Waals surface area contributed by atoms with Crippen LogP contribution in [-0.4, -0.2) is 87.5 Å². The second-order valence-electron chi connectivity index (χ2n) is 14.4. The molecule has 14 nitrogen and oxygen atoms in total. The molecule has 5 heterocycles. The standard InChI is InChI=1S/C37H42N8O6S3/c1-51-27-11-9-23(10-12-27)31-32(34-38-16-18-53-34)42-45(41-31)26-19-30-33(46)40-37(36(48)43-54(49,50)28-13-14-28)20-24(37)7-5-3-2-4-6-8-29(35(47)44(30)21-26)39-25-15-17-52-22-25/h5,7,9-12,15-18,22,24,26,28-30,39H,2-4,6,8,13-14,19-21H2,1H3,(H,40,46)(H,43,48)/b7-5+/t24-,26-,29-,30+,37-/m1/s1. The molecule has 2 aliphatic heterocycles. The first-order valence-electron chi connectivity index (χ1n) is 18.3. The van der Waals surface area contributed by atoms with Crippen LogP contribution in [0.3, 0.4) is 0 Å². The number of hydrogen-bond donors (Lipinski definition) is 3. The number of anilines is 1. The van der Waals surface area contributed by atoms with Crippen molar-refractivity contribution in [2.24, 2.45) is 5.92 Å². The lowest BCUT2D eigenvalue weighted by Gasteiger charge is -2.30. The Morgan fingerprint density at radius 1 is 1.04 bits per heavy atom. The zero-order valence-electron chi connectivity index (χ0n) is 29.7. The number of sulfonamides is 1. The Morgan fingerprint density at radius 2 is 1.85 bits per heavy atom. The van der Waals surface area contributed by atoms with E-state index in [0.29, 0.717) is 41.4 Å². The molecule has 4 aromatic rings. The zero-order valence-corrected chi connectivity index (χ0v) is 32.2. The second kappa shape index (κ2) is 14.9. The number of carbonyl (C=O) groups is 3. The number of thiazole rings is 1. The van der Waals surface area contributed by atoms with Crippen molar-refractivity contribution in [1.29, 1.82) is 0 Å². The SMILES string of the molecule is COc1ccc(-c2nn([C@@H]3C[C@H]4C(=O)N[C@]5(C(=O)NS(=O)(=O)C6CC6)C[C@H]5/C=C/CCCCC[C@@H](Nc5ccsc5)C(=O)N4C3)nc2-c2nccs2)cc1. The minimum Gasteiger partial charge on any atom is -0.497 e. The van der Waals surface area contributed by atoms with Crippen molar-refractivity contribution >= 4 is 56.1 Å². The summed E-state index contributed by atoms with van der Waals surface area (Å²) in [6, 6.07) is 7.34. The molecule has 284 valence electrons. The number of thiophene rings is 1. The molecule has 3 aromatic heterocycles. The van der Waals surface area contributed by atoms with E-state index in [-0.39, 0.29) is 31.2 Å². The van der Waals surface area contributed by atoms with Crippen LogP contribution in [0.25, 0.3) is 22.0 Å². The first-order chi connectivity index (χ1) is 26.1. The number of hydrogen-bond acceptors (Lipinski definition) is 12. The number of methoxy groups -OCH3 is 1. The highest BCUT2D eigenvalue weighted by atomic mass is 32.2. The van der Waals surface area contributed by atoms with Crippen LogP contribution in [0.2, 0.25) is 0 Å². The van der Waals surface area contributed by atoms with E-state index in [2.05, 4.69) is 20.3 Å². The minimum absolute atomic E-state index is 0.144. The van der Waals surface area contributed by atoms with Crippen molar-refractivity contribution in [3.05, 3.63) is 64.8 Å². The Bertz CT molecular complexity index is 2130. The summed E-state index contributed by atoms with van der Waals surface area (Å²) < 4.78 is 33.4. The van der Waals surface area contributed by atoms with E-state index in [0.717, 1.165) is 36.9 Å². The predicted molar refractivity (Wildman–Crippen MR) is 205 cm³/mol. The van der Waals surface area contributed by atoms with Gasteiger partial charge in [0.05, 0.1) is 18.4 Å². The summed E-state index contributed by atoms with van der Waals surface area (Å²) in [6.07, 6.45) is 11.0. The maximum atomic E-state index is 14.7. The maximum Gasteiger partial charge on any atom is 0.259 e. The topological polar surface area (TPSA) is 178 Å². The molecular weight excluding hydrogens is 749 g/mol. The Kier molecular flexibility index (Phi) is 10.0. The zero-order chi connectivity index (χ0) is 37.5. The molecule has 4 aliphatic rings. The average molecular weight is 791 g/mol. The second-order valence-corrected chi connectivity index (χ2v) is 18.0. The molecule has 3 fully saturated rings. The fraction of sp³-hybridized carbons (Fsp3) is 0.459. The molecule has 0 spiro atoms. The number of ether oxygens (including phenoxy) is 1. The minimum atomic E-state index is -3.86. The smallest absolute Gasteiger partial charge is 0.259 e. The number of allylic oxidation sites excluding steroid dienone is 1. The van der Waals surface area contributed by atoms with Gasteiger partial charge in [0.1, 0.15) is 39.8 Å². The number of fused-ring (bicyclic) bond motifs is 2. The van der Waals surface area contributed by atoms with Crippen molar-refractivity contribution < 1.29 is 27.5 Å². The van der Waals surface area contributed by atoms with Crippen LogP contribution in [0.15, 0.2) is 64.8 Å². The Labute approximate surface area is 321 Å². The van der Waals surface area contributed by atoms with Gasteiger partial charge in [-0.3, -0.25) is 19.1 Å². The Hall–Kier alpha value is -4.61. The highest BCUT2D eigenvalue weighted by Gasteiger charge is 2.62. The Morgan fingerprint density at radius 3 is 2.57 bits per heavy atom. The van der Waals surface area contributed by atoms with E-state index in [4.69, 9.17) is 14.9 Å². The van der Waals surface area contributed by atoms with Crippen LogP contribution in [0, 0.1) is 5.92 Å². The summed E-state index contributed by atoms with van der Waals surface area (Å²) in [7, 11) is -2.26. The summed E-state index contributed by atoms with van der Waals surface area (Å²) in [5, 5.41) is 22.1. The third-order valence-electron chi connectivity index (χ3n) is 10.7. The van der Waals surface area contributed by atoms with Gasteiger partial charge in [0.2, 0.25) is 21.8 Å². The molecule has 0 radical (unpaired) electrons. The molecule has 54 heavy (non-hydrogen) atoms. The number of amides is 3. The predicted octanol–water partition coefficient (Wildman–Crippen LogP) is 4.77. The van der Waals surface area contributed by atoms with Gasteiger partial charge in [-0.05, 0) is 74.2 Å². The highest BCUT2D eigenvalue weighted by molar-refractivity contribution is 7.91. The fourth-order valence-electron chi connectivity index (χ4n) is 7.41. The van der Waals surface area contributed by atoms with E-state index in [1.807, 2.05) is 58.6 Å². The molecule has 5 atom stereocenters. The summed E-state index contributed by atoms with van der Waals surface area (Å²) in [6.45, 7) is 0.144. The molecule has 3 amide bonds. The molecule has 0 unspecified atom stereocenters. The fourth-order valence-corrected chi connectivity index (χ4v) is 9.99. The number of nitrogens with one attached hydrogen (secondary N) is 3. The maximum absolute atomic E-state index is 14.7. The van der Waals surface area contributed by atoms with Crippen LogP contribution >= 0.6 is 22.7 Å². The Balaban J connectivity index is 1.14. The monoisotopic (exact) mass is 790 g/mol. The summed E-state index contributed by atoms with van der Waals surface area (Å²) in [5.74, 6) is -1.18. The van der Waals surface area contributed by atoms with Crippen molar-refractivity contribution in [3.63, 3.8) is 0 Å². The van der Waals surface area contributed by atoms with Gasteiger partial charge in [0.25, 0.3) is 5.91 Å². The van der Waals surface area contributed by atoms with E-state index in [1.165, 1.54) is 22.7 Å². The molecule has 2 saturated carbocycles. The summed E-state index contributed by atoms with van der Waals surface area (Å²) >= 11 is 2.96. The first-order valence-corrected chi connectivity index (χ1v) is 21.7. The third kappa shape index (κ3) is 7.40. The number of aromatic nitrogens is 4. The average Bonchev–Trinajstić information content (AvgIpc) is 3.73. The largest absolute Gasteiger partial charge is 0.497 e. The summed E-state index contributed by atoms with van der Waals surface area (Å²) in [4.78, 5) is 50.7. The van der Waals surface area contributed by atoms with E-state index in [9.17, 15) is 22.8 Å². The molecule has 1 aromatic carbocycles. The van der Waals surface area contributed by atoms with Crippen LogP contribution in [-0.2, 0) is 24.4 Å². The van der Waals surface area contributed by atoms with Crippen molar-refractivity contribution in [2.45, 2.75) is 86.7 Å². The van der Waals surface area contributed by atoms with Crippen molar-refractivity contribution in [2.75, 3.05) is 19.0 Å². The number of nitrogens with zero attached hydrogens (tertiary/aromatic N) is 5. The lowest BCUT2D eigenvalue weighted by atomic mass is 10.0. The lowest BCUT2D eigenvalue weighted by molar-refractivity contribution is -0.140. The molecule has 8 rings (SSSR count). The number of benzene rings is 1. The normalized spacial score (nSPS) is 26.8. The van der Waals surface area contributed by atoms with Gasteiger partial charge < -0.3 is 20.3 Å². The van der Waals surface area contributed by atoms with E-state index < -0.39 is 50.8 Å². The third-order valence-corrected chi connectivity index (χ3v) is 14.0. The molecule has 0 bridgehead atoms. The van der Waals surface area contributed by atoms with Gasteiger partial charge in [0, 0.05) is 47.1 Å². The molecule has 3 N–H and O–H groups in total. The number of rotatable bonds is 9. The van der Waals surface area contributed by atoms with E-state index >= 15 is 0 Å². The lowest BCUT2D eigenvalue weighted by Crippen LogP contribution is -2.57. The van der Waals surface area contributed by atoms with Gasteiger partial charge in [-0.15, -0.1) is 16.4 Å². The highest BCUT2D eigenvalue weighted by Crippen LogP contribution is 2.46. The van der Waals surface area contributed by atoms with Gasteiger partial charge in [0.15, 0.2) is 0 Å². The van der Waals surface area contributed by atoms with Crippen LogP contribution in [0.4, 0.5) is 5.69 Å². The van der Waals surface area contributed by atoms with Crippen molar-refractivity contribution in [3.8, 4) is 27.7 Å². The van der Waals surface area contributed by atoms with Gasteiger partial charge in [-0.2, -0.15) is 21.2 Å². The molecule has 2 aliphatic carbocycles. The van der Waals surface area contributed by atoms with E-state index in [1.54, 1.807) is 23.0 Å².